The molecule has 8 nitrogen and oxygen atoms in total. The summed E-state index contributed by atoms with van der Waals surface area (Å²) in [6, 6.07) is 20.0. The van der Waals surface area contributed by atoms with Crippen LogP contribution in [0.25, 0.3) is 0 Å². The molecule has 0 unspecified atom stereocenters. The molecule has 0 fully saturated rings. The molecule has 226 valence electrons. The van der Waals surface area contributed by atoms with Crippen molar-refractivity contribution in [2.24, 2.45) is 0 Å². The predicted octanol–water partition coefficient (Wildman–Crippen LogP) is 5.64. The van der Waals surface area contributed by atoms with Crippen LogP contribution in [0.4, 0.5) is 5.69 Å². The highest BCUT2D eigenvalue weighted by Crippen LogP contribution is 2.27. The summed E-state index contributed by atoms with van der Waals surface area (Å²) in [6.45, 7) is 7.26. The maximum atomic E-state index is 14.2. The number of ether oxygens (including phenoxy) is 1. The van der Waals surface area contributed by atoms with Gasteiger partial charge in [0.25, 0.3) is 10.0 Å². The fourth-order valence-corrected chi connectivity index (χ4v) is 6.27. The van der Waals surface area contributed by atoms with E-state index < -0.39 is 28.5 Å². The Morgan fingerprint density at radius 1 is 0.976 bits per heavy atom. The van der Waals surface area contributed by atoms with E-state index in [1.807, 2.05) is 58.2 Å². The zero-order valence-electron chi connectivity index (χ0n) is 25.2. The molecule has 3 rings (SSSR count). The van der Waals surface area contributed by atoms with E-state index in [2.05, 4.69) is 5.32 Å². The van der Waals surface area contributed by atoms with Crippen molar-refractivity contribution >= 4 is 39.3 Å². The first-order chi connectivity index (χ1) is 20.0. The monoisotopic (exact) mass is 611 g/mol. The number of carbonyl (C=O) groups is 2. The topological polar surface area (TPSA) is 96.0 Å². The van der Waals surface area contributed by atoms with E-state index >= 15 is 0 Å². The molecule has 0 aromatic heterocycles. The number of carbonyl (C=O) groups excluding carboxylic acids is 2. The van der Waals surface area contributed by atoms with Crippen molar-refractivity contribution in [2.45, 2.75) is 69.0 Å². The van der Waals surface area contributed by atoms with Crippen LogP contribution in [0.1, 0.15) is 44.7 Å². The fourth-order valence-electron chi connectivity index (χ4n) is 4.44. The summed E-state index contributed by atoms with van der Waals surface area (Å²) in [6.07, 6.45) is 3.01. The first-order valence-corrected chi connectivity index (χ1v) is 16.7. The minimum atomic E-state index is -4.12. The van der Waals surface area contributed by atoms with E-state index in [0.29, 0.717) is 17.9 Å². The van der Waals surface area contributed by atoms with E-state index in [1.54, 1.807) is 55.6 Å². The average molecular weight is 612 g/mol. The number of nitrogens with zero attached hydrogens (tertiary/aromatic N) is 2. The van der Waals surface area contributed by atoms with Crippen LogP contribution in [-0.4, -0.2) is 57.1 Å². The molecule has 0 heterocycles. The SMILES string of the molecule is CC[C@@H](C)NC(=O)[C@@H](CC)N(Cc1cccc(OC)c1)C(=O)CN(c1ccc(C)cc1)S(=O)(=O)c1ccc(SC)cc1. The molecule has 0 bridgehead atoms. The molecule has 42 heavy (non-hydrogen) atoms. The molecule has 10 heteroatoms. The number of anilines is 1. The maximum absolute atomic E-state index is 14.2. The lowest BCUT2D eigenvalue weighted by molar-refractivity contribution is -0.140. The molecule has 3 aromatic carbocycles. The summed E-state index contributed by atoms with van der Waals surface area (Å²) in [4.78, 5) is 30.1. The zero-order valence-corrected chi connectivity index (χ0v) is 26.8. The molecule has 0 saturated heterocycles. The molecule has 3 aromatic rings. The molecule has 2 atom stereocenters. The lowest BCUT2D eigenvalue weighted by atomic mass is 10.1. The number of sulfonamides is 1. The van der Waals surface area contributed by atoms with E-state index in [0.717, 1.165) is 26.7 Å². The summed E-state index contributed by atoms with van der Waals surface area (Å²) in [7, 11) is -2.56. The van der Waals surface area contributed by atoms with E-state index in [4.69, 9.17) is 4.74 Å². The van der Waals surface area contributed by atoms with Gasteiger partial charge in [-0.25, -0.2) is 8.42 Å². The normalized spacial score (nSPS) is 12.7. The van der Waals surface area contributed by atoms with Crippen LogP contribution >= 0.6 is 11.8 Å². The Hall–Kier alpha value is -3.50. The van der Waals surface area contributed by atoms with Gasteiger partial charge in [0.2, 0.25) is 11.8 Å². The number of hydrogen-bond acceptors (Lipinski definition) is 6. The molecular weight excluding hydrogens is 571 g/mol. The molecule has 0 saturated carbocycles. The van der Waals surface area contributed by atoms with E-state index in [1.165, 1.54) is 16.7 Å². The lowest BCUT2D eigenvalue weighted by Gasteiger charge is -2.33. The highest BCUT2D eigenvalue weighted by Gasteiger charge is 2.34. The Morgan fingerprint density at radius 3 is 2.21 bits per heavy atom. The average Bonchev–Trinajstić information content (AvgIpc) is 3.00. The molecule has 1 N–H and O–H groups in total. The minimum Gasteiger partial charge on any atom is -0.497 e. The van der Waals surface area contributed by atoms with Gasteiger partial charge in [-0.1, -0.05) is 43.7 Å². The Balaban J connectivity index is 2.06. The van der Waals surface area contributed by atoms with Gasteiger partial charge < -0.3 is 15.0 Å². The largest absolute Gasteiger partial charge is 0.497 e. The van der Waals surface area contributed by atoms with Crippen molar-refractivity contribution in [3.8, 4) is 5.75 Å². The van der Waals surface area contributed by atoms with Gasteiger partial charge in [0.15, 0.2) is 0 Å². The third kappa shape index (κ3) is 8.29. The van der Waals surface area contributed by atoms with Gasteiger partial charge in [-0.15, -0.1) is 11.8 Å². The van der Waals surface area contributed by atoms with Crippen molar-refractivity contribution in [1.29, 1.82) is 0 Å². The molecular formula is C32H41N3O5S2. The number of amides is 2. The quantitative estimate of drug-likeness (QED) is 0.237. The molecule has 0 spiro atoms. The summed E-state index contributed by atoms with van der Waals surface area (Å²) >= 11 is 1.51. The van der Waals surface area contributed by atoms with E-state index in [-0.39, 0.29) is 23.4 Å². The Labute approximate surface area is 254 Å². The third-order valence-corrected chi connectivity index (χ3v) is 9.65. The molecule has 0 aliphatic heterocycles. The number of methoxy groups -OCH3 is 1. The Morgan fingerprint density at radius 2 is 1.64 bits per heavy atom. The smallest absolute Gasteiger partial charge is 0.264 e. The standard InChI is InChI=1S/C32H41N3O5S2/c1-7-24(4)33-32(37)30(8-2)34(21-25-10-9-11-27(20-25)40-5)31(36)22-35(26-14-12-23(3)13-15-26)42(38,39)29-18-16-28(41-6)17-19-29/h9-20,24,30H,7-8,21-22H2,1-6H3,(H,33,37)/t24-,30-/m1/s1. The van der Waals surface area contributed by atoms with Crippen molar-refractivity contribution in [3.05, 3.63) is 83.9 Å². The second-order valence-corrected chi connectivity index (χ2v) is 12.9. The van der Waals surface area contributed by atoms with Crippen LogP contribution in [0.2, 0.25) is 0 Å². The van der Waals surface area contributed by atoms with E-state index in [9.17, 15) is 18.0 Å². The number of benzene rings is 3. The van der Waals surface area contributed by atoms with Gasteiger partial charge in [0, 0.05) is 17.5 Å². The van der Waals surface area contributed by atoms with Gasteiger partial charge in [0.05, 0.1) is 17.7 Å². The molecule has 0 aliphatic rings. The Kier molecular flexibility index (Phi) is 11.9. The van der Waals surface area contributed by atoms with Crippen LogP contribution in [0.3, 0.4) is 0 Å². The molecule has 0 aliphatic carbocycles. The van der Waals surface area contributed by atoms with Crippen molar-refractivity contribution < 1.29 is 22.7 Å². The lowest BCUT2D eigenvalue weighted by Crippen LogP contribution is -2.53. The van der Waals surface area contributed by atoms with Crippen molar-refractivity contribution in [2.75, 3.05) is 24.2 Å². The highest BCUT2D eigenvalue weighted by molar-refractivity contribution is 7.98. The Bertz CT molecular complexity index is 1440. The number of aryl methyl sites for hydroxylation is 1. The van der Waals surface area contributed by atoms with Crippen molar-refractivity contribution in [1.82, 2.24) is 10.2 Å². The fraction of sp³-hybridized carbons (Fsp3) is 0.375. The van der Waals surface area contributed by atoms with Crippen LogP contribution in [0.5, 0.6) is 5.75 Å². The first-order valence-electron chi connectivity index (χ1n) is 14.0. The number of hydrogen-bond donors (Lipinski definition) is 1. The number of nitrogens with one attached hydrogen (secondary N) is 1. The summed E-state index contributed by atoms with van der Waals surface area (Å²) < 4.78 is 34.5. The van der Waals surface area contributed by atoms with Crippen LogP contribution < -0.4 is 14.4 Å². The second-order valence-electron chi connectivity index (χ2n) is 10.1. The summed E-state index contributed by atoms with van der Waals surface area (Å²) in [5, 5.41) is 2.99. The van der Waals surface area contributed by atoms with Gasteiger partial charge in [0.1, 0.15) is 18.3 Å². The van der Waals surface area contributed by atoms with Crippen LogP contribution in [0.15, 0.2) is 82.6 Å². The van der Waals surface area contributed by atoms with Crippen LogP contribution in [-0.2, 0) is 26.2 Å². The second kappa shape index (κ2) is 15.1. The van der Waals surface area contributed by atoms with Gasteiger partial charge in [-0.05, 0) is 87.0 Å². The third-order valence-electron chi connectivity index (χ3n) is 7.12. The molecule has 0 radical (unpaired) electrons. The summed E-state index contributed by atoms with van der Waals surface area (Å²) in [5.41, 5.74) is 2.08. The van der Waals surface area contributed by atoms with Gasteiger partial charge >= 0.3 is 0 Å². The zero-order chi connectivity index (χ0) is 30.9. The van der Waals surface area contributed by atoms with Crippen molar-refractivity contribution in [3.63, 3.8) is 0 Å². The van der Waals surface area contributed by atoms with Gasteiger partial charge in [-0.3, -0.25) is 13.9 Å². The first kappa shape index (κ1) is 33.0. The minimum absolute atomic E-state index is 0.0750. The highest BCUT2D eigenvalue weighted by atomic mass is 32.2. The van der Waals surface area contributed by atoms with Crippen LogP contribution in [0, 0.1) is 6.92 Å². The molecule has 2 amide bonds. The van der Waals surface area contributed by atoms with Gasteiger partial charge in [-0.2, -0.15) is 0 Å². The summed E-state index contributed by atoms with van der Waals surface area (Å²) in [5.74, 6) is -0.149. The predicted molar refractivity (Wildman–Crippen MR) is 169 cm³/mol. The number of rotatable bonds is 14. The maximum Gasteiger partial charge on any atom is 0.264 e. The number of thioether (sulfide) groups is 1.